The number of rotatable bonds is 5. The smallest absolute Gasteiger partial charge is 0.101 e. The molecule has 0 spiro atoms. The number of hydrogen-bond donors (Lipinski definition) is 0. The highest BCUT2D eigenvalue weighted by molar-refractivity contribution is 6.24. The summed E-state index contributed by atoms with van der Waals surface area (Å²) in [5.41, 5.74) is 20.3. The monoisotopic (exact) mass is 1070 g/mol. The Hall–Kier alpha value is -11.4. The molecule has 84 heavy (non-hydrogen) atoms. The predicted octanol–water partition coefficient (Wildman–Crippen LogP) is 19.2. The van der Waals surface area contributed by atoms with Crippen molar-refractivity contribution in [3.05, 3.63) is 271 Å². The van der Waals surface area contributed by atoms with Crippen molar-refractivity contribution in [1.29, 1.82) is 10.5 Å². The van der Waals surface area contributed by atoms with E-state index in [1.54, 1.807) is 0 Å². The van der Waals surface area contributed by atoms with Crippen molar-refractivity contribution >= 4 is 109 Å². The maximum Gasteiger partial charge on any atom is 0.101 e. The summed E-state index contributed by atoms with van der Waals surface area (Å²) in [5.74, 6) is 0. The average Bonchev–Trinajstić information content (AvgIpc) is 2.32. The van der Waals surface area contributed by atoms with Crippen LogP contribution in [0.1, 0.15) is 36.1 Å². The van der Waals surface area contributed by atoms with Gasteiger partial charge in [-0.3, -0.25) is 0 Å². The minimum atomic E-state index is -0.291. The second kappa shape index (κ2) is 16.8. The summed E-state index contributed by atoms with van der Waals surface area (Å²) in [6, 6.07) is 94.5. The van der Waals surface area contributed by atoms with Crippen LogP contribution in [-0.2, 0) is 5.41 Å². The van der Waals surface area contributed by atoms with Gasteiger partial charge in [-0.2, -0.15) is 10.5 Å². The highest BCUT2D eigenvalue weighted by Gasteiger charge is 2.37. The minimum Gasteiger partial charge on any atom is -0.309 e. The second-order valence-corrected chi connectivity index (χ2v) is 23.1. The molecule has 1 aliphatic carbocycles. The van der Waals surface area contributed by atoms with Gasteiger partial charge in [0.1, 0.15) is 12.1 Å². The summed E-state index contributed by atoms with van der Waals surface area (Å²) in [6.07, 6.45) is 0. The van der Waals surface area contributed by atoms with Gasteiger partial charge in [-0.05, 0) is 125 Å². The van der Waals surface area contributed by atoms with Gasteiger partial charge in [0.2, 0.25) is 0 Å². The maximum absolute atomic E-state index is 11.8. The standard InChI is InChI=1S/C77H47N7/c1-77(2)63-26-12-6-20-51(63)59-42-62-61-41-50(81-67-29-15-9-23-54(67)55-24-10-16-30-68(55)81)32-36-70(61)83(74(62)43-64(59)77)72-38-47(45-79)73(39-46(72)44-78)84-71-37-33-49(80-65-27-13-7-21-52(65)53-22-8-14-28-66(53)80)40-60(71)58-35-34-57-56-25-11-17-31-69(56)82(75(57)76(58)84)48-18-4-3-5-19-48/h3-43H,1-2H3. The maximum atomic E-state index is 11.8. The first-order valence-corrected chi connectivity index (χ1v) is 28.6. The molecule has 5 aromatic heterocycles. The number of benzene rings is 12. The molecule has 0 saturated heterocycles. The SMILES string of the molecule is CC1(C)c2ccccc2-c2cc3c4cc(-n5c6ccccc6c6ccccc65)ccc4n(-c4cc(C#N)c(-n5c6ccc(-n7c8ccccc8c8ccccc87)cc6c6ccc7c8ccccc8n(-c8ccccc8)c7c65)cc4C#N)c3cc21. The number of fused-ring (bicyclic) bond motifs is 19. The third-order valence-corrected chi connectivity index (χ3v) is 18.5. The van der Waals surface area contributed by atoms with Crippen molar-refractivity contribution in [1.82, 2.24) is 22.8 Å². The molecule has 0 unspecified atom stereocenters. The van der Waals surface area contributed by atoms with E-state index in [-0.39, 0.29) is 5.41 Å². The Kier molecular flexibility index (Phi) is 9.30. The zero-order valence-electron chi connectivity index (χ0n) is 45.8. The highest BCUT2D eigenvalue weighted by atomic mass is 15.1. The van der Waals surface area contributed by atoms with E-state index in [1.165, 1.54) is 43.8 Å². The lowest BCUT2D eigenvalue weighted by molar-refractivity contribution is 0.661. The Morgan fingerprint density at radius 2 is 0.679 bits per heavy atom. The topological polar surface area (TPSA) is 72.2 Å². The molecule has 0 bridgehead atoms. The molecule has 0 N–H and O–H groups in total. The average molecular weight is 1070 g/mol. The zero-order chi connectivity index (χ0) is 55.7. The molecule has 5 heterocycles. The van der Waals surface area contributed by atoms with Crippen LogP contribution in [-0.4, -0.2) is 22.8 Å². The van der Waals surface area contributed by atoms with Crippen molar-refractivity contribution in [2.75, 3.05) is 0 Å². The van der Waals surface area contributed by atoms with Crippen molar-refractivity contribution in [2.45, 2.75) is 19.3 Å². The lowest BCUT2D eigenvalue weighted by Crippen LogP contribution is -2.15. The summed E-state index contributed by atoms with van der Waals surface area (Å²) >= 11 is 0. The van der Waals surface area contributed by atoms with E-state index in [1.807, 2.05) is 12.1 Å². The number of nitriles is 2. The van der Waals surface area contributed by atoms with Crippen LogP contribution in [0.3, 0.4) is 0 Å². The van der Waals surface area contributed by atoms with Crippen LogP contribution in [0.5, 0.6) is 0 Å². The zero-order valence-corrected chi connectivity index (χ0v) is 45.8. The van der Waals surface area contributed by atoms with Gasteiger partial charge < -0.3 is 22.8 Å². The molecule has 12 aromatic carbocycles. The van der Waals surface area contributed by atoms with Crippen LogP contribution >= 0.6 is 0 Å². The fraction of sp³-hybridized carbons (Fsp3) is 0.0390. The first-order valence-electron chi connectivity index (χ1n) is 28.6. The van der Waals surface area contributed by atoms with Crippen LogP contribution in [0.4, 0.5) is 0 Å². The lowest BCUT2D eigenvalue weighted by atomic mass is 9.82. The quantitative estimate of drug-likeness (QED) is 0.172. The van der Waals surface area contributed by atoms with E-state index in [9.17, 15) is 10.5 Å². The van der Waals surface area contributed by atoms with Crippen LogP contribution < -0.4 is 0 Å². The molecule has 0 atom stereocenters. The first kappa shape index (κ1) is 46.4. The number of para-hydroxylation sites is 6. The van der Waals surface area contributed by atoms with Crippen LogP contribution in [0.15, 0.2) is 249 Å². The Balaban J connectivity index is 0.939. The van der Waals surface area contributed by atoms with E-state index in [0.29, 0.717) is 22.5 Å². The van der Waals surface area contributed by atoms with Crippen LogP contribution in [0, 0.1) is 22.7 Å². The minimum absolute atomic E-state index is 0.291. The Morgan fingerprint density at radius 1 is 0.274 bits per heavy atom. The van der Waals surface area contributed by atoms with Gasteiger partial charge in [-0.15, -0.1) is 0 Å². The molecule has 7 nitrogen and oxygen atoms in total. The largest absolute Gasteiger partial charge is 0.309 e. The molecular formula is C77H47N7. The molecule has 0 aliphatic heterocycles. The van der Waals surface area contributed by atoms with Crippen LogP contribution in [0.25, 0.3) is 149 Å². The molecule has 1 aliphatic rings. The Labute approximate surface area is 481 Å². The van der Waals surface area contributed by atoms with E-state index < -0.39 is 0 Å². The fourth-order valence-corrected chi connectivity index (χ4v) is 14.9. The molecule has 7 heteroatoms. The van der Waals surface area contributed by atoms with Crippen LogP contribution in [0.2, 0.25) is 0 Å². The van der Waals surface area contributed by atoms with E-state index in [2.05, 4.69) is 285 Å². The molecule has 0 fully saturated rings. The molecule has 17 aromatic rings. The predicted molar refractivity (Wildman–Crippen MR) is 345 cm³/mol. The summed E-state index contributed by atoms with van der Waals surface area (Å²) in [7, 11) is 0. The lowest BCUT2D eigenvalue weighted by Gasteiger charge is -2.22. The van der Waals surface area contributed by atoms with E-state index in [4.69, 9.17) is 0 Å². The third kappa shape index (κ3) is 6.06. The van der Waals surface area contributed by atoms with Gasteiger partial charge >= 0.3 is 0 Å². The number of hydrogen-bond acceptors (Lipinski definition) is 2. The summed E-state index contributed by atoms with van der Waals surface area (Å²) in [5, 5.41) is 34.8. The molecule has 0 radical (unpaired) electrons. The second-order valence-electron chi connectivity index (χ2n) is 23.1. The summed E-state index contributed by atoms with van der Waals surface area (Å²) in [4.78, 5) is 0. The van der Waals surface area contributed by atoms with Gasteiger partial charge in [0.15, 0.2) is 0 Å². The van der Waals surface area contributed by atoms with Gasteiger partial charge in [0.25, 0.3) is 0 Å². The van der Waals surface area contributed by atoms with E-state index in [0.717, 1.165) is 105 Å². The molecule has 0 saturated carbocycles. The Morgan fingerprint density at radius 3 is 1.23 bits per heavy atom. The van der Waals surface area contributed by atoms with Crippen molar-refractivity contribution in [3.63, 3.8) is 0 Å². The van der Waals surface area contributed by atoms with Crippen molar-refractivity contribution in [2.24, 2.45) is 0 Å². The third-order valence-electron chi connectivity index (χ3n) is 18.5. The van der Waals surface area contributed by atoms with Gasteiger partial charge in [0, 0.05) is 76.3 Å². The highest BCUT2D eigenvalue weighted by Crippen LogP contribution is 2.52. The Bertz CT molecular complexity index is 5750. The van der Waals surface area contributed by atoms with Gasteiger partial charge in [0.05, 0.1) is 77.7 Å². The fourth-order valence-electron chi connectivity index (χ4n) is 14.9. The number of aromatic nitrogens is 5. The molecule has 18 rings (SSSR count). The van der Waals surface area contributed by atoms with Crippen molar-refractivity contribution in [3.8, 4) is 51.7 Å². The summed E-state index contributed by atoms with van der Waals surface area (Å²) in [6.45, 7) is 4.62. The van der Waals surface area contributed by atoms with Crippen molar-refractivity contribution < 1.29 is 0 Å². The first-order chi connectivity index (χ1) is 41.4. The van der Waals surface area contributed by atoms with Gasteiger partial charge in [-0.25, -0.2) is 0 Å². The molecular weight excluding hydrogens is 1020 g/mol. The molecule has 390 valence electrons. The normalized spacial score (nSPS) is 13.0. The molecule has 0 amide bonds. The number of nitrogens with zero attached hydrogens (tertiary/aromatic N) is 7. The van der Waals surface area contributed by atoms with Gasteiger partial charge in [-0.1, -0.05) is 159 Å². The van der Waals surface area contributed by atoms with E-state index >= 15 is 0 Å². The summed E-state index contributed by atoms with van der Waals surface area (Å²) < 4.78 is 11.6.